The van der Waals surface area contributed by atoms with E-state index in [-0.39, 0.29) is 28.1 Å². The fourth-order valence-electron chi connectivity index (χ4n) is 5.54. The molecule has 35 heavy (non-hydrogen) atoms. The molecule has 1 aliphatic carbocycles. The lowest BCUT2D eigenvalue weighted by atomic mass is 9.77. The van der Waals surface area contributed by atoms with Crippen LogP contribution in [-0.2, 0) is 4.74 Å². The number of pyridine rings is 1. The summed E-state index contributed by atoms with van der Waals surface area (Å²) in [6, 6.07) is 5.51. The minimum Gasteiger partial charge on any atom is -0.618 e. The lowest BCUT2D eigenvalue weighted by molar-refractivity contribution is -0.610. The SMILES string of the molecule is CC1(C)CC=C(c2c(NC(=O)c3ncc(C#N)[nH]3)ccc(C3=CC4(C)CCC(C)(C3)O4)[n+]2[O-])CC1. The minimum absolute atomic E-state index is 0.0253. The number of allylic oxidation sites excluding steroid dienone is 2. The Labute approximate surface area is 205 Å². The summed E-state index contributed by atoms with van der Waals surface area (Å²) in [4.78, 5) is 19.6. The Kier molecular flexibility index (Phi) is 5.37. The van der Waals surface area contributed by atoms with Gasteiger partial charge in [0.2, 0.25) is 11.4 Å². The highest BCUT2D eigenvalue weighted by Gasteiger charge is 2.48. The number of carbonyl (C=O) groups is 1. The number of imidazole rings is 1. The van der Waals surface area contributed by atoms with E-state index in [4.69, 9.17) is 10.00 Å². The van der Waals surface area contributed by atoms with Crippen molar-refractivity contribution in [1.29, 1.82) is 5.26 Å². The van der Waals surface area contributed by atoms with Crippen molar-refractivity contribution in [3.8, 4) is 6.07 Å². The summed E-state index contributed by atoms with van der Waals surface area (Å²) >= 11 is 0. The molecule has 2 aliphatic heterocycles. The van der Waals surface area contributed by atoms with Crippen LogP contribution in [0, 0.1) is 22.0 Å². The van der Waals surface area contributed by atoms with Gasteiger partial charge in [0, 0.05) is 23.6 Å². The van der Waals surface area contributed by atoms with Crippen LogP contribution in [0.2, 0.25) is 0 Å². The van der Waals surface area contributed by atoms with Gasteiger partial charge in [0.05, 0.1) is 17.4 Å². The molecule has 1 amide bonds. The van der Waals surface area contributed by atoms with Gasteiger partial charge in [-0.15, -0.1) is 0 Å². The maximum Gasteiger partial charge on any atom is 0.291 e. The summed E-state index contributed by atoms with van der Waals surface area (Å²) in [6.45, 7) is 8.63. The standard InChI is InChI=1S/C27H31N5O3/c1-25(2)9-7-17(8-10-25)22-20(31-24(33)23-29-16-19(15-28)30-23)5-6-21(32(22)34)18-13-26(3)11-12-27(4,14-18)35-26/h5-7,13,16H,8-12,14H2,1-4H3,(H,29,30)(H,31,33). The van der Waals surface area contributed by atoms with Crippen molar-refractivity contribution in [2.75, 3.05) is 5.32 Å². The van der Waals surface area contributed by atoms with Gasteiger partial charge >= 0.3 is 0 Å². The normalized spacial score (nSPS) is 27.1. The van der Waals surface area contributed by atoms with Crippen LogP contribution < -0.4 is 10.0 Å². The maximum absolute atomic E-state index is 13.9. The van der Waals surface area contributed by atoms with Crippen LogP contribution in [0.4, 0.5) is 5.69 Å². The number of H-pyrrole nitrogens is 1. The summed E-state index contributed by atoms with van der Waals surface area (Å²) in [5.41, 5.74) is 3.14. The molecule has 2 atom stereocenters. The van der Waals surface area contributed by atoms with Gasteiger partial charge in [0.25, 0.3) is 5.91 Å². The molecule has 0 radical (unpaired) electrons. The number of aromatic nitrogens is 3. The second kappa shape index (κ2) is 8.06. The van der Waals surface area contributed by atoms with E-state index in [1.54, 1.807) is 12.1 Å². The lowest BCUT2D eigenvalue weighted by Crippen LogP contribution is -2.41. The Hall–Kier alpha value is -3.44. The molecule has 2 unspecified atom stereocenters. The summed E-state index contributed by atoms with van der Waals surface area (Å²) in [5.74, 6) is -0.474. The van der Waals surface area contributed by atoms with Crippen LogP contribution in [0.3, 0.4) is 0 Å². The molecule has 2 bridgehead atoms. The number of rotatable bonds is 4. The molecule has 4 heterocycles. The van der Waals surface area contributed by atoms with Gasteiger partial charge < -0.3 is 20.2 Å². The zero-order valence-electron chi connectivity index (χ0n) is 20.7. The highest BCUT2D eigenvalue weighted by Crippen LogP contribution is 2.49. The van der Waals surface area contributed by atoms with Gasteiger partial charge in [-0.25, -0.2) is 4.98 Å². The van der Waals surface area contributed by atoms with Crippen molar-refractivity contribution in [3.05, 3.63) is 58.6 Å². The molecule has 0 spiro atoms. The van der Waals surface area contributed by atoms with E-state index < -0.39 is 5.91 Å². The summed E-state index contributed by atoms with van der Waals surface area (Å²) < 4.78 is 7.26. The van der Waals surface area contributed by atoms with E-state index in [2.05, 4.69) is 55.1 Å². The van der Waals surface area contributed by atoms with Crippen molar-refractivity contribution in [3.63, 3.8) is 0 Å². The Bertz CT molecular complexity index is 1310. The number of fused-ring (bicyclic) bond motifs is 2. The third kappa shape index (κ3) is 4.37. The van der Waals surface area contributed by atoms with E-state index in [0.29, 0.717) is 23.5 Å². The number of hydrogen-bond donors (Lipinski definition) is 2. The van der Waals surface area contributed by atoms with E-state index in [1.807, 2.05) is 6.07 Å². The third-order valence-electron chi connectivity index (χ3n) is 7.52. The molecule has 3 aliphatic rings. The number of anilines is 1. The first kappa shape index (κ1) is 23.3. The van der Waals surface area contributed by atoms with Gasteiger partial charge in [-0.05, 0) is 63.5 Å². The highest BCUT2D eigenvalue weighted by molar-refractivity contribution is 6.03. The Morgan fingerprint density at radius 1 is 1.23 bits per heavy atom. The number of ether oxygens (including phenoxy) is 1. The van der Waals surface area contributed by atoms with Crippen molar-refractivity contribution < 1.29 is 14.3 Å². The number of nitrogens with one attached hydrogen (secondary N) is 2. The number of nitriles is 1. The number of nitrogens with zero attached hydrogens (tertiary/aromatic N) is 3. The highest BCUT2D eigenvalue weighted by atomic mass is 16.5. The average Bonchev–Trinajstić information content (AvgIpc) is 3.36. The predicted octanol–water partition coefficient (Wildman–Crippen LogP) is 4.88. The molecule has 2 N–H and O–H groups in total. The molecule has 2 aromatic rings. The number of aromatic amines is 1. The maximum atomic E-state index is 13.9. The van der Waals surface area contributed by atoms with Crippen LogP contribution in [0.15, 0.2) is 30.5 Å². The third-order valence-corrected chi connectivity index (χ3v) is 7.52. The van der Waals surface area contributed by atoms with Gasteiger partial charge in [0.15, 0.2) is 5.82 Å². The molecule has 2 aromatic heterocycles. The summed E-state index contributed by atoms with van der Waals surface area (Å²) in [5, 5.41) is 25.8. The molecular formula is C27H31N5O3. The summed E-state index contributed by atoms with van der Waals surface area (Å²) in [6.07, 6.45) is 10.6. The Morgan fingerprint density at radius 3 is 2.69 bits per heavy atom. The molecule has 1 saturated heterocycles. The van der Waals surface area contributed by atoms with Crippen LogP contribution in [0.25, 0.3) is 11.1 Å². The molecular weight excluding hydrogens is 442 g/mol. The number of carbonyl (C=O) groups excluding carboxylic acids is 1. The minimum atomic E-state index is -0.499. The first-order chi connectivity index (χ1) is 16.5. The molecule has 182 valence electrons. The van der Waals surface area contributed by atoms with Gasteiger partial charge in [-0.1, -0.05) is 19.9 Å². The quantitative estimate of drug-likeness (QED) is 0.485. The lowest BCUT2D eigenvalue weighted by Gasteiger charge is -2.34. The summed E-state index contributed by atoms with van der Waals surface area (Å²) in [7, 11) is 0. The van der Waals surface area contributed by atoms with Crippen molar-refractivity contribution in [1.82, 2.24) is 9.97 Å². The van der Waals surface area contributed by atoms with Crippen LogP contribution in [0.1, 0.15) is 93.9 Å². The number of amides is 1. The van der Waals surface area contributed by atoms with Crippen LogP contribution in [0.5, 0.6) is 0 Å². The largest absolute Gasteiger partial charge is 0.618 e. The second-order valence-corrected chi connectivity index (χ2v) is 11.3. The van der Waals surface area contributed by atoms with Gasteiger partial charge in [0.1, 0.15) is 17.5 Å². The zero-order chi connectivity index (χ0) is 25.0. The van der Waals surface area contributed by atoms with Crippen molar-refractivity contribution in [2.24, 2.45) is 5.41 Å². The molecule has 0 aromatic carbocycles. The average molecular weight is 474 g/mol. The Morgan fingerprint density at radius 2 is 2.03 bits per heavy atom. The first-order valence-corrected chi connectivity index (χ1v) is 12.1. The van der Waals surface area contributed by atoms with Crippen LogP contribution >= 0.6 is 0 Å². The van der Waals surface area contributed by atoms with Crippen molar-refractivity contribution >= 4 is 22.7 Å². The molecule has 1 fully saturated rings. The van der Waals surface area contributed by atoms with E-state index >= 15 is 0 Å². The van der Waals surface area contributed by atoms with Gasteiger partial charge in [-0.3, -0.25) is 4.79 Å². The van der Waals surface area contributed by atoms with Crippen molar-refractivity contribution in [2.45, 2.75) is 77.4 Å². The molecule has 8 nitrogen and oxygen atoms in total. The van der Waals surface area contributed by atoms with Crippen LogP contribution in [-0.4, -0.2) is 27.1 Å². The molecule has 5 rings (SSSR count). The molecule has 0 saturated carbocycles. The van der Waals surface area contributed by atoms with Gasteiger partial charge in [-0.2, -0.15) is 9.99 Å². The second-order valence-electron chi connectivity index (χ2n) is 11.3. The number of hydrogen-bond acceptors (Lipinski definition) is 5. The van der Waals surface area contributed by atoms with E-state index in [9.17, 15) is 10.0 Å². The fraction of sp³-hybridized carbons (Fsp3) is 0.481. The fourth-order valence-corrected chi connectivity index (χ4v) is 5.54. The smallest absolute Gasteiger partial charge is 0.291 e. The predicted molar refractivity (Wildman–Crippen MR) is 132 cm³/mol. The topological polar surface area (TPSA) is 118 Å². The first-order valence-electron chi connectivity index (χ1n) is 12.1. The Balaban J connectivity index is 1.57. The van der Waals surface area contributed by atoms with E-state index in [0.717, 1.165) is 48.0 Å². The monoisotopic (exact) mass is 473 g/mol. The zero-order valence-corrected chi connectivity index (χ0v) is 20.7. The molecule has 8 heteroatoms. The van der Waals surface area contributed by atoms with E-state index in [1.165, 1.54) is 6.20 Å².